The number of allylic oxidation sites excluding steroid dienone is 1. The Bertz CT molecular complexity index is 292. The lowest BCUT2D eigenvalue weighted by molar-refractivity contribution is -0.111. The van der Waals surface area contributed by atoms with Gasteiger partial charge in [-0.1, -0.05) is 32.4 Å². The van der Waals surface area contributed by atoms with Crippen LogP contribution in [0.2, 0.25) is 0 Å². The van der Waals surface area contributed by atoms with E-state index in [4.69, 9.17) is 0 Å². The van der Waals surface area contributed by atoms with Gasteiger partial charge in [-0.15, -0.1) is 0 Å². The summed E-state index contributed by atoms with van der Waals surface area (Å²) in [5.74, 6) is 2.24. The van der Waals surface area contributed by atoms with E-state index in [2.05, 4.69) is 33.8 Å². The fourth-order valence-electron chi connectivity index (χ4n) is 3.79. The van der Waals surface area contributed by atoms with Gasteiger partial charge in [-0.05, 0) is 50.4 Å². The van der Waals surface area contributed by atoms with E-state index in [0.29, 0.717) is 23.7 Å². The second-order valence-corrected chi connectivity index (χ2v) is 6.42. The molecule has 0 heterocycles. The second kappa shape index (κ2) is 4.18. The molecule has 1 heteroatoms. The van der Waals surface area contributed by atoms with Crippen LogP contribution in [-0.4, -0.2) is 10.7 Å². The zero-order chi connectivity index (χ0) is 11.9. The third-order valence-electron chi connectivity index (χ3n) is 5.07. The lowest BCUT2D eigenvalue weighted by Gasteiger charge is -2.51. The SMILES string of the molecule is CC1=C[C@H]2[C@H](C(C)C)CC[C@H](C)[C@@]2(O)CC1. The lowest BCUT2D eigenvalue weighted by Crippen LogP contribution is -2.52. The Morgan fingerprint density at radius 3 is 2.69 bits per heavy atom. The van der Waals surface area contributed by atoms with Gasteiger partial charge in [0, 0.05) is 5.92 Å². The van der Waals surface area contributed by atoms with Gasteiger partial charge in [-0.3, -0.25) is 0 Å². The van der Waals surface area contributed by atoms with Gasteiger partial charge in [0.2, 0.25) is 0 Å². The zero-order valence-electron chi connectivity index (χ0n) is 11.2. The highest BCUT2D eigenvalue weighted by Crippen LogP contribution is 2.50. The van der Waals surface area contributed by atoms with Crippen LogP contribution in [0.4, 0.5) is 0 Å². The predicted octanol–water partition coefficient (Wildman–Crippen LogP) is 3.78. The first-order valence-corrected chi connectivity index (χ1v) is 6.85. The molecule has 4 atom stereocenters. The average Bonchev–Trinajstić information content (AvgIpc) is 2.21. The summed E-state index contributed by atoms with van der Waals surface area (Å²) >= 11 is 0. The normalized spacial score (nSPS) is 44.1. The number of hydrogen-bond donors (Lipinski definition) is 1. The molecule has 2 aliphatic rings. The van der Waals surface area contributed by atoms with Gasteiger partial charge in [0.1, 0.15) is 0 Å². The second-order valence-electron chi connectivity index (χ2n) is 6.42. The van der Waals surface area contributed by atoms with Crippen LogP contribution >= 0.6 is 0 Å². The highest BCUT2D eigenvalue weighted by Gasteiger charge is 2.49. The van der Waals surface area contributed by atoms with Crippen LogP contribution in [0.5, 0.6) is 0 Å². The van der Waals surface area contributed by atoms with Crippen LogP contribution in [0.25, 0.3) is 0 Å². The number of rotatable bonds is 1. The Hall–Kier alpha value is -0.300. The molecule has 0 aromatic carbocycles. The summed E-state index contributed by atoms with van der Waals surface area (Å²) in [6.45, 7) is 9.06. The van der Waals surface area contributed by atoms with Crippen LogP contribution in [0.15, 0.2) is 11.6 Å². The van der Waals surface area contributed by atoms with Crippen molar-refractivity contribution in [2.75, 3.05) is 0 Å². The molecule has 0 radical (unpaired) electrons. The number of aliphatic hydroxyl groups is 1. The summed E-state index contributed by atoms with van der Waals surface area (Å²) in [7, 11) is 0. The third kappa shape index (κ3) is 1.84. The molecule has 1 nitrogen and oxygen atoms in total. The molecule has 1 fully saturated rings. The van der Waals surface area contributed by atoms with E-state index in [1.165, 1.54) is 18.4 Å². The molecule has 1 saturated carbocycles. The van der Waals surface area contributed by atoms with E-state index >= 15 is 0 Å². The van der Waals surface area contributed by atoms with Gasteiger partial charge in [-0.2, -0.15) is 0 Å². The summed E-state index contributed by atoms with van der Waals surface area (Å²) in [5, 5.41) is 11.0. The molecule has 0 bridgehead atoms. The standard InChI is InChI=1S/C15H26O/c1-10(2)13-6-5-12(4)15(16)8-7-11(3)9-14(13)15/h9-10,12-14,16H,5-8H2,1-4H3/t12-,13-,14-,15-/m0/s1. The maximum Gasteiger partial charge on any atom is 0.0741 e. The summed E-state index contributed by atoms with van der Waals surface area (Å²) < 4.78 is 0. The summed E-state index contributed by atoms with van der Waals surface area (Å²) in [5.41, 5.74) is 1.07. The van der Waals surface area contributed by atoms with Crippen LogP contribution in [0.1, 0.15) is 53.4 Å². The molecule has 0 aromatic rings. The van der Waals surface area contributed by atoms with E-state index < -0.39 is 5.60 Å². The van der Waals surface area contributed by atoms with Crippen molar-refractivity contribution < 1.29 is 5.11 Å². The van der Waals surface area contributed by atoms with Crippen LogP contribution in [0.3, 0.4) is 0 Å². The Balaban J connectivity index is 2.32. The first kappa shape index (κ1) is 12.2. The summed E-state index contributed by atoms with van der Waals surface area (Å²) in [4.78, 5) is 0. The van der Waals surface area contributed by atoms with Crippen molar-refractivity contribution in [3.63, 3.8) is 0 Å². The average molecular weight is 222 g/mol. The molecule has 92 valence electrons. The lowest BCUT2D eigenvalue weighted by atomic mass is 9.57. The molecule has 0 saturated heterocycles. The maximum absolute atomic E-state index is 11.0. The van der Waals surface area contributed by atoms with Crippen molar-refractivity contribution in [1.82, 2.24) is 0 Å². The molecule has 2 aliphatic carbocycles. The van der Waals surface area contributed by atoms with E-state index in [0.717, 1.165) is 12.8 Å². The fourth-order valence-corrected chi connectivity index (χ4v) is 3.79. The van der Waals surface area contributed by atoms with Crippen molar-refractivity contribution in [2.45, 2.75) is 59.0 Å². The van der Waals surface area contributed by atoms with Crippen LogP contribution in [-0.2, 0) is 0 Å². The molecule has 0 aliphatic heterocycles. The van der Waals surface area contributed by atoms with Gasteiger partial charge >= 0.3 is 0 Å². The molecule has 1 N–H and O–H groups in total. The number of hydrogen-bond acceptors (Lipinski definition) is 1. The molecular weight excluding hydrogens is 196 g/mol. The highest BCUT2D eigenvalue weighted by atomic mass is 16.3. The minimum absolute atomic E-state index is 0.407. The van der Waals surface area contributed by atoms with E-state index in [1.54, 1.807) is 0 Å². The van der Waals surface area contributed by atoms with Gasteiger partial charge in [0.15, 0.2) is 0 Å². The molecule has 0 unspecified atom stereocenters. The minimum atomic E-state index is -0.410. The quantitative estimate of drug-likeness (QED) is 0.669. The molecule has 0 amide bonds. The van der Waals surface area contributed by atoms with Crippen molar-refractivity contribution in [2.24, 2.45) is 23.7 Å². The van der Waals surface area contributed by atoms with Crippen LogP contribution < -0.4 is 0 Å². The maximum atomic E-state index is 11.0. The molecule has 0 aromatic heterocycles. The van der Waals surface area contributed by atoms with E-state index in [9.17, 15) is 5.11 Å². The summed E-state index contributed by atoms with van der Waals surface area (Å²) in [6, 6.07) is 0. The van der Waals surface area contributed by atoms with Gasteiger partial charge in [0.05, 0.1) is 5.60 Å². The molecular formula is C15H26O. The van der Waals surface area contributed by atoms with Crippen molar-refractivity contribution in [1.29, 1.82) is 0 Å². The monoisotopic (exact) mass is 222 g/mol. The topological polar surface area (TPSA) is 20.2 Å². The fraction of sp³-hybridized carbons (Fsp3) is 0.867. The predicted molar refractivity (Wildman–Crippen MR) is 68.2 cm³/mol. The smallest absolute Gasteiger partial charge is 0.0741 e. The Morgan fingerprint density at radius 1 is 1.38 bits per heavy atom. The Labute approximate surface area is 99.9 Å². The van der Waals surface area contributed by atoms with E-state index in [1.807, 2.05) is 0 Å². The van der Waals surface area contributed by atoms with Gasteiger partial charge in [0.25, 0.3) is 0 Å². The Morgan fingerprint density at radius 2 is 2.06 bits per heavy atom. The first-order valence-electron chi connectivity index (χ1n) is 6.85. The highest BCUT2D eigenvalue weighted by molar-refractivity contribution is 5.17. The largest absolute Gasteiger partial charge is 0.389 e. The van der Waals surface area contributed by atoms with Gasteiger partial charge < -0.3 is 5.11 Å². The van der Waals surface area contributed by atoms with Crippen LogP contribution in [0, 0.1) is 23.7 Å². The molecule has 16 heavy (non-hydrogen) atoms. The van der Waals surface area contributed by atoms with Crippen molar-refractivity contribution in [3.05, 3.63) is 11.6 Å². The Kier molecular flexibility index (Phi) is 3.18. The van der Waals surface area contributed by atoms with Gasteiger partial charge in [-0.25, -0.2) is 0 Å². The first-order chi connectivity index (χ1) is 7.45. The number of fused-ring (bicyclic) bond motifs is 1. The molecule has 0 spiro atoms. The minimum Gasteiger partial charge on any atom is -0.389 e. The van der Waals surface area contributed by atoms with Crippen molar-refractivity contribution >= 4 is 0 Å². The zero-order valence-corrected chi connectivity index (χ0v) is 11.2. The van der Waals surface area contributed by atoms with Crippen molar-refractivity contribution in [3.8, 4) is 0 Å². The third-order valence-corrected chi connectivity index (χ3v) is 5.07. The summed E-state index contributed by atoms with van der Waals surface area (Å²) in [6.07, 6.45) is 6.93. The van der Waals surface area contributed by atoms with E-state index in [-0.39, 0.29) is 0 Å². The molecule has 2 rings (SSSR count).